The second kappa shape index (κ2) is 9.39. The summed E-state index contributed by atoms with van der Waals surface area (Å²) in [5.74, 6) is -3.83. The number of esters is 1. The monoisotopic (exact) mass is 401 g/mol. The molecule has 1 heterocycles. The summed E-state index contributed by atoms with van der Waals surface area (Å²) in [6.45, 7) is 4.62. The van der Waals surface area contributed by atoms with Gasteiger partial charge in [0.15, 0.2) is 0 Å². The summed E-state index contributed by atoms with van der Waals surface area (Å²) in [4.78, 5) is 30.2. The van der Waals surface area contributed by atoms with Crippen molar-refractivity contribution in [3.05, 3.63) is 34.3 Å². The number of halogens is 1. The molecule has 0 unspecified atom stereocenters. The van der Waals surface area contributed by atoms with Crippen LogP contribution in [0.5, 0.6) is 0 Å². The van der Waals surface area contributed by atoms with Gasteiger partial charge < -0.3 is 20.3 Å². The van der Waals surface area contributed by atoms with Gasteiger partial charge in [-0.05, 0) is 44.5 Å². The predicted molar refractivity (Wildman–Crippen MR) is 89.5 cm³/mol. The molecule has 0 bridgehead atoms. The summed E-state index contributed by atoms with van der Waals surface area (Å²) in [6.07, 6.45) is 0.782. The maximum absolute atomic E-state index is 12.1. The molecule has 0 radical (unpaired) electrons. The Balaban J connectivity index is 0.000000413. The molecule has 1 aliphatic heterocycles. The van der Waals surface area contributed by atoms with Gasteiger partial charge in [0.1, 0.15) is 0 Å². The van der Waals surface area contributed by atoms with E-state index in [1.165, 1.54) is 0 Å². The van der Waals surface area contributed by atoms with Gasteiger partial charge in [0.25, 0.3) is 0 Å². The number of benzene rings is 1. The second-order valence-corrected chi connectivity index (χ2v) is 6.39. The van der Waals surface area contributed by atoms with Crippen LogP contribution in [0.15, 0.2) is 28.7 Å². The van der Waals surface area contributed by atoms with Crippen LogP contribution in [-0.4, -0.2) is 40.8 Å². The van der Waals surface area contributed by atoms with E-state index in [2.05, 4.69) is 27.3 Å². The molecule has 0 saturated carbocycles. The molecule has 1 aromatic rings. The maximum atomic E-state index is 12.1. The summed E-state index contributed by atoms with van der Waals surface area (Å²) < 4.78 is 6.36. The van der Waals surface area contributed by atoms with E-state index in [0.717, 1.165) is 23.0 Å². The first-order valence-corrected chi connectivity index (χ1v) is 8.17. The van der Waals surface area contributed by atoms with E-state index < -0.39 is 11.9 Å². The van der Waals surface area contributed by atoms with E-state index in [4.69, 9.17) is 24.5 Å². The smallest absolute Gasteiger partial charge is 0.414 e. The largest absolute Gasteiger partial charge is 0.473 e. The summed E-state index contributed by atoms with van der Waals surface area (Å²) in [6, 6.07) is 8.14. The molecule has 1 fully saturated rings. The highest BCUT2D eigenvalue weighted by atomic mass is 79.9. The van der Waals surface area contributed by atoms with Crippen molar-refractivity contribution in [3.63, 3.8) is 0 Å². The van der Waals surface area contributed by atoms with Crippen molar-refractivity contribution < 1.29 is 29.3 Å². The molecule has 8 heteroatoms. The first-order chi connectivity index (χ1) is 11.2. The molecule has 0 spiro atoms. The Labute approximate surface area is 148 Å². The first kappa shape index (κ1) is 20.1. The van der Waals surface area contributed by atoms with E-state index in [1.807, 2.05) is 32.0 Å². The third-order valence-electron chi connectivity index (χ3n) is 3.27. The Morgan fingerprint density at radius 1 is 1.25 bits per heavy atom. The number of carbonyl (C=O) groups is 3. The third-order valence-corrected chi connectivity index (χ3v) is 3.76. The van der Waals surface area contributed by atoms with Crippen LogP contribution in [0.3, 0.4) is 0 Å². The number of rotatable bonds is 3. The first-order valence-electron chi connectivity index (χ1n) is 7.38. The molecule has 7 nitrogen and oxygen atoms in total. The van der Waals surface area contributed by atoms with Crippen LogP contribution < -0.4 is 5.32 Å². The van der Waals surface area contributed by atoms with Gasteiger partial charge in [0.05, 0.1) is 12.0 Å². The van der Waals surface area contributed by atoms with Crippen molar-refractivity contribution in [3.8, 4) is 0 Å². The molecular formula is C16H20BrNO6. The van der Waals surface area contributed by atoms with E-state index in [9.17, 15) is 4.79 Å². The third kappa shape index (κ3) is 6.29. The van der Waals surface area contributed by atoms with Gasteiger partial charge in [-0.2, -0.15) is 0 Å². The summed E-state index contributed by atoms with van der Waals surface area (Å²) >= 11 is 3.46. The van der Waals surface area contributed by atoms with E-state index in [1.54, 1.807) is 0 Å². The van der Waals surface area contributed by atoms with Crippen molar-refractivity contribution in [2.24, 2.45) is 5.92 Å². The topological polar surface area (TPSA) is 113 Å². The molecule has 0 amide bonds. The number of nitrogens with one attached hydrogen (secondary N) is 1. The standard InChI is InChI=1S/C14H18BrNO2.C2H2O4/c1-9(2)18-14(17)12-6-7-16-13(12)10-4-3-5-11(15)8-10;3-1(4)2(5)6/h3-5,8-9,12-13,16H,6-7H2,1-2H3;(H,3,4)(H,5,6)/t12-,13-;/m1./s1. The fraction of sp³-hybridized carbons (Fsp3) is 0.438. The quantitative estimate of drug-likeness (QED) is 0.525. The summed E-state index contributed by atoms with van der Waals surface area (Å²) in [5.41, 5.74) is 1.13. The molecule has 1 saturated heterocycles. The Kier molecular flexibility index (Phi) is 7.87. The SMILES string of the molecule is CC(C)OC(=O)[C@@H]1CCN[C@@H]1c1cccc(Br)c1.O=C(O)C(=O)O. The molecule has 3 N–H and O–H groups in total. The zero-order valence-electron chi connectivity index (χ0n) is 13.4. The number of aliphatic carboxylic acids is 2. The fourth-order valence-corrected chi connectivity index (χ4v) is 2.74. The fourth-order valence-electron chi connectivity index (χ4n) is 2.33. The van der Waals surface area contributed by atoms with Crippen LogP contribution in [0.1, 0.15) is 31.9 Å². The number of carbonyl (C=O) groups excluding carboxylic acids is 1. The predicted octanol–water partition coefficient (Wildman–Crippen LogP) is 2.21. The number of carboxylic acids is 2. The molecular weight excluding hydrogens is 382 g/mol. The number of carboxylic acid groups (broad SMARTS) is 2. The minimum absolute atomic E-state index is 0.0544. The lowest BCUT2D eigenvalue weighted by Crippen LogP contribution is -2.27. The molecule has 2 rings (SSSR count). The van der Waals surface area contributed by atoms with Gasteiger partial charge in [-0.3, -0.25) is 4.79 Å². The molecule has 0 aromatic heterocycles. The molecule has 2 atom stereocenters. The highest BCUT2D eigenvalue weighted by Crippen LogP contribution is 2.32. The lowest BCUT2D eigenvalue weighted by Gasteiger charge is -2.20. The maximum Gasteiger partial charge on any atom is 0.414 e. The van der Waals surface area contributed by atoms with Gasteiger partial charge >= 0.3 is 17.9 Å². The Morgan fingerprint density at radius 2 is 1.88 bits per heavy atom. The van der Waals surface area contributed by atoms with Crippen molar-refractivity contribution in [2.45, 2.75) is 32.4 Å². The van der Waals surface area contributed by atoms with Crippen LogP contribution in [0.4, 0.5) is 0 Å². The van der Waals surface area contributed by atoms with Crippen LogP contribution in [0.25, 0.3) is 0 Å². The van der Waals surface area contributed by atoms with Gasteiger partial charge in [-0.25, -0.2) is 9.59 Å². The average Bonchev–Trinajstić information content (AvgIpc) is 2.96. The highest BCUT2D eigenvalue weighted by molar-refractivity contribution is 9.10. The van der Waals surface area contributed by atoms with Gasteiger partial charge in [-0.1, -0.05) is 28.1 Å². The van der Waals surface area contributed by atoms with E-state index >= 15 is 0 Å². The number of ether oxygens (including phenoxy) is 1. The zero-order valence-corrected chi connectivity index (χ0v) is 14.9. The van der Waals surface area contributed by atoms with E-state index in [0.29, 0.717) is 0 Å². The molecule has 1 aliphatic rings. The highest BCUT2D eigenvalue weighted by Gasteiger charge is 2.35. The molecule has 1 aromatic carbocycles. The van der Waals surface area contributed by atoms with Crippen molar-refractivity contribution in [1.82, 2.24) is 5.32 Å². The van der Waals surface area contributed by atoms with Crippen molar-refractivity contribution >= 4 is 33.8 Å². The zero-order chi connectivity index (χ0) is 18.3. The van der Waals surface area contributed by atoms with Crippen LogP contribution in [0, 0.1) is 5.92 Å². The Bertz CT molecular complexity index is 592. The normalized spacial score (nSPS) is 19.3. The second-order valence-electron chi connectivity index (χ2n) is 5.48. The lowest BCUT2D eigenvalue weighted by molar-refractivity contribution is -0.159. The van der Waals surface area contributed by atoms with Crippen LogP contribution in [-0.2, 0) is 19.1 Å². The Hall–Kier alpha value is -1.93. The van der Waals surface area contributed by atoms with E-state index in [-0.39, 0.29) is 24.0 Å². The number of hydrogen-bond acceptors (Lipinski definition) is 5. The summed E-state index contributed by atoms with van der Waals surface area (Å²) in [7, 11) is 0. The average molecular weight is 402 g/mol. The molecule has 24 heavy (non-hydrogen) atoms. The molecule has 132 valence electrons. The summed E-state index contributed by atoms with van der Waals surface area (Å²) in [5, 5.41) is 18.2. The lowest BCUT2D eigenvalue weighted by atomic mass is 9.94. The van der Waals surface area contributed by atoms with Gasteiger partial charge in [0.2, 0.25) is 0 Å². The van der Waals surface area contributed by atoms with Gasteiger partial charge in [0, 0.05) is 10.5 Å². The van der Waals surface area contributed by atoms with Crippen LogP contribution >= 0.6 is 15.9 Å². The van der Waals surface area contributed by atoms with Crippen molar-refractivity contribution in [2.75, 3.05) is 6.54 Å². The molecule has 0 aliphatic carbocycles. The minimum atomic E-state index is -1.82. The van der Waals surface area contributed by atoms with Crippen molar-refractivity contribution in [1.29, 1.82) is 0 Å². The minimum Gasteiger partial charge on any atom is -0.473 e. The number of hydrogen-bond donors (Lipinski definition) is 3. The van der Waals surface area contributed by atoms with Crippen LogP contribution in [0.2, 0.25) is 0 Å². The Morgan fingerprint density at radius 3 is 2.38 bits per heavy atom. The van der Waals surface area contributed by atoms with Gasteiger partial charge in [-0.15, -0.1) is 0 Å².